The van der Waals surface area contributed by atoms with Gasteiger partial charge in [0.2, 0.25) is 0 Å². The molecule has 0 saturated carbocycles. The van der Waals surface area contributed by atoms with Gasteiger partial charge in [0.05, 0.1) is 0 Å². The predicted molar refractivity (Wildman–Crippen MR) is 101 cm³/mol. The molecule has 1 saturated heterocycles. The number of hydrogen-bond donors (Lipinski definition) is 1. The summed E-state index contributed by atoms with van der Waals surface area (Å²) in [5.74, 6) is 0.765. The third kappa shape index (κ3) is 4.46. The zero-order valence-electron chi connectivity index (χ0n) is 14.5. The van der Waals surface area contributed by atoms with Crippen LogP contribution >= 0.6 is 11.3 Å². The lowest BCUT2D eigenvalue weighted by molar-refractivity contribution is 0.0945. The van der Waals surface area contributed by atoms with Gasteiger partial charge in [0.15, 0.2) is 0 Å². The van der Waals surface area contributed by atoms with Gasteiger partial charge in [-0.1, -0.05) is 23.3 Å². The van der Waals surface area contributed by atoms with Crippen LogP contribution in [-0.4, -0.2) is 37.0 Å². The maximum absolute atomic E-state index is 12.3. The quantitative estimate of drug-likeness (QED) is 0.891. The molecule has 0 radical (unpaired) electrons. The van der Waals surface area contributed by atoms with E-state index in [2.05, 4.69) is 33.8 Å². The Balaban J connectivity index is 1.41. The number of thiophene rings is 1. The maximum Gasteiger partial charge on any atom is 0.251 e. The predicted octanol–water partition coefficient (Wildman–Crippen LogP) is 3.97. The van der Waals surface area contributed by atoms with E-state index in [9.17, 15) is 4.79 Å². The zero-order valence-corrected chi connectivity index (χ0v) is 15.4. The van der Waals surface area contributed by atoms with Crippen LogP contribution in [0.3, 0.4) is 0 Å². The van der Waals surface area contributed by atoms with Crippen molar-refractivity contribution in [2.45, 2.75) is 32.6 Å². The van der Waals surface area contributed by atoms with Gasteiger partial charge in [-0.25, -0.2) is 0 Å². The molecule has 24 heavy (non-hydrogen) atoms. The highest BCUT2D eigenvalue weighted by Crippen LogP contribution is 2.30. The number of amides is 1. The lowest BCUT2D eigenvalue weighted by Crippen LogP contribution is -2.39. The fourth-order valence-electron chi connectivity index (χ4n) is 3.50. The number of nitrogens with one attached hydrogen (secondary N) is 1. The molecule has 4 heteroatoms. The number of rotatable bonds is 5. The van der Waals surface area contributed by atoms with Crippen molar-refractivity contribution in [3.8, 4) is 0 Å². The second kappa shape index (κ2) is 7.95. The van der Waals surface area contributed by atoms with Gasteiger partial charge in [0.25, 0.3) is 5.91 Å². The van der Waals surface area contributed by atoms with Gasteiger partial charge in [-0.2, -0.15) is 0 Å². The first kappa shape index (κ1) is 17.2. The van der Waals surface area contributed by atoms with Crippen molar-refractivity contribution in [1.82, 2.24) is 10.2 Å². The molecule has 3 rings (SSSR count). The van der Waals surface area contributed by atoms with E-state index in [4.69, 9.17) is 0 Å². The fourth-order valence-corrected chi connectivity index (χ4v) is 4.40. The molecule has 0 bridgehead atoms. The van der Waals surface area contributed by atoms with Crippen LogP contribution in [0.2, 0.25) is 0 Å². The molecule has 1 aromatic heterocycles. The molecular weight excluding hydrogens is 316 g/mol. The standard InChI is InChI=1S/C20H26N2OS/c1-15-12-16(2)14-18(13-15)20(23)21-7-10-22-8-5-17(6-9-22)19-4-3-11-24-19/h3-4,11-14,17H,5-10H2,1-2H3,(H,21,23). The van der Waals surface area contributed by atoms with Crippen LogP contribution in [0.5, 0.6) is 0 Å². The molecule has 1 aliphatic rings. The van der Waals surface area contributed by atoms with Crippen LogP contribution in [0.4, 0.5) is 0 Å². The highest BCUT2D eigenvalue weighted by molar-refractivity contribution is 7.10. The van der Waals surface area contributed by atoms with Crippen LogP contribution < -0.4 is 5.32 Å². The van der Waals surface area contributed by atoms with E-state index in [-0.39, 0.29) is 5.91 Å². The molecule has 2 aromatic rings. The van der Waals surface area contributed by atoms with Gasteiger partial charge in [-0.3, -0.25) is 4.79 Å². The van der Waals surface area contributed by atoms with Gasteiger partial charge >= 0.3 is 0 Å². The highest BCUT2D eigenvalue weighted by atomic mass is 32.1. The van der Waals surface area contributed by atoms with E-state index >= 15 is 0 Å². The minimum Gasteiger partial charge on any atom is -0.351 e. The van der Waals surface area contributed by atoms with E-state index < -0.39 is 0 Å². The average Bonchev–Trinajstić information content (AvgIpc) is 3.09. The van der Waals surface area contributed by atoms with Crippen molar-refractivity contribution < 1.29 is 4.79 Å². The largest absolute Gasteiger partial charge is 0.351 e. The molecule has 1 N–H and O–H groups in total. The summed E-state index contributed by atoms with van der Waals surface area (Å²) < 4.78 is 0. The topological polar surface area (TPSA) is 32.3 Å². The molecule has 1 aliphatic heterocycles. The first-order valence-electron chi connectivity index (χ1n) is 8.74. The number of hydrogen-bond acceptors (Lipinski definition) is 3. The number of benzene rings is 1. The van der Waals surface area contributed by atoms with E-state index in [0.717, 1.165) is 48.8 Å². The fraction of sp³-hybridized carbons (Fsp3) is 0.450. The van der Waals surface area contributed by atoms with E-state index in [1.54, 1.807) is 0 Å². The second-order valence-electron chi connectivity index (χ2n) is 6.76. The number of carbonyl (C=O) groups excluding carboxylic acids is 1. The van der Waals surface area contributed by atoms with Crippen LogP contribution in [0.25, 0.3) is 0 Å². The summed E-state index contributed by atoms with van der Waals surface area (Å²) in [6.07, 6.45) is 2.46. The van der Waals surface area contributed by atoms with E-state index in [1.165, 1.54) is 17.7 Å². The van der Waals surface area contributed by atoms with Crippen molar-refractivity contribution >= 4 is 17.2 Å². The number of nitrogens with zero attached hydrogens (tertiary/aromatic N) is 1. The Bertz CT molecular complexity index is 653. The van der Waals surface area contributed by atoms with Crippen molar-refractivity contribution in [2.75, 3.05) is 26.2 Å². The molecule has 0 aliphatic carbocycles. The third-order valence-corrected chi connectivity index (χ3v) is 5.77. The molecular formula is C20H26N2OS. The summed E-state index contributed by atoms with van der Waals surface area (Å²) >= 11 is 1.88. The summed E-state index contributed by atoms with van der Waals surface area (Å²) in [5.41, 5.74) is 3.04. The molecule has 0 atom stereocenters. The first-order chi connectivity index (χ1) is 11.6. The minimum atomic E-state index is 0.0373. The van der Waals surface area contributed by atoms with Crippen molar-refractivity contribution in [3.05, 3.63) is 57.3 Å². The van der Waals surface area contributed by atoms with Crippen molar-refractivity contribution in [3.63, 3.8) is 0 Å². The number of aryl methyl sites for hydroxylation is 2. The number of carbonyl (C=O) groups is 1. The maximum atomic E-state index is 12.3. The number of likely N-dealkylation sites (tertiary alicyclic amines) is 1. The van der Waals surface area contributed by atoms with Crippen LogP contribution in [0.15, 0.2) is 35.7 Å². The van der Waals surface area contributed by atoms with Crippen LogP contribution in [0.1, 0.15) is 45.1 Å². The Morgan fingerprint density at radius 1 is 1.21 bits per heavy atom. The summed E-state index contributed by atoms with van der Waals surface area (Å²) in [7, 11) is 0. The summed E-state index contributed by atoms with van der Waals surface area (Å²) in [4.78, 5) is 16.3. The lowest BCUT2D eigenvalue weighted by Gasteiger charge is -2.31. The Morgan fingerprint density at radius 2 is 1.92 bits per heavy atom. The lowest BCUT2D eigenvalue weighted by atomic mass is 9.95. The summed E-state index contributed by atoms with van der Waals surface area (Å²) in [6, 6.07) is 10.4. The van der Waals surface area contributed by atoms with Crippen LogP contribution in [-0.2, 0) is 0 Å². The average molecular weight is 343 g/mol. The monoisotopic (exact) mass is 342 g/mol. The van der Waals surface area contributed by atoms with E-state index in [0.29, 0.717) is 0 Å². The van der Waals surface area contributed by atoms with Gasteiger partial charge < -0.3 is 10.2 Å². The Morgan fingerprint density at radius 3 is 2.54 bits per heavy atom. The summed E-state index contributed by atoms with van der Waals surface area (Å²) in [5, 5.41) is 5.23. The summed E-state index contributed by atoms with van der Waals surface area (Å²) in [6.45, 7) is 7.97. The second-order valence-corrected chi connectivity index (χ2v) is 7.74. The van der Waals surface area contributed by atoms with Gasteiger partial charge in [-0.15, -0.1) is 11.3 Å². The number of piperidine rings is 1. The molecule has 1 fully saturated rings. The molecule has 0 unspecified atom stereocenters. The van der Waals surface area contributed by atoms with Crippen molar-refractivity contribution in [2.24, 2.45) is 0 Å². The van der Waals surface area contributed by atoms with Gasteiger partial charge in [0, 0.05) is 23.5 Å². The molecule has 128 valence electrons. The van der Waals surface area contributed by atoms with Crippen LogP contribution in [0, 0.1) is 13.8 Å². The molecule has 3 nitrogen and oxygen atoms in total. The molecule has 1 amide bonds. The first-order valence-corrected chi connectivity index (χ1v) is 9.62. The normalized spacial score (nSPS) is 16.2. The molecule has 2 heterocycles. The molecule has 1 aromatic carbocycles. The van der Waals surface area contributed by atoms with Crippen molar-refractivity contribution in [1.29, 1.82) is 0 Å². The van der Waals surface area contributed by atoms with Gasteiger partial charge in [-0.05, 0) is 69.3 Å². The Hall–Kier alpha value is -1.65. The Kier molecular flexibility index (Phi) is 5.69. The molecule has 0 spiro atoms. The zero-order chi connectivity index (χ0) is 16.9. The minimum absolute atomic E-state index is 0.0373. The third-order valence-electron chi connectivity index (χ3n) is 4.73. The van der Waals surface area contributed by atoms with Gasteiger partial charge in [0.1, 0.15) is 0 Å². The Labute approximate surface area is 148 Å². The SMILES string of the molecule is Cc1cc(C)cc(C(=O)NCCN2CCC(c3cccs3)CC2)c1. The smallest absolute Gasteiger partial charge is 0.251 e. The van der Waals surface area contributed by atoms with E-state index in [1.807, 2.05) is 37.3 Å². The highest BCUT2D eigenvalue weighted by Gasteiger charge is 2.20.